The highest BCUT2D eigenvalue weighted by Crippen LogP contribution is 2.64. The highest BCUT2D eigenvalue weighted by molar-refractivity contribution is 6.12. The molecular formula is C40H26O. The second-order valence-electron chi connectivity index (χ2n) is 11.5. The van der Waals surface area contributed by atoms with E-state index in [1.165, 1.54) is 55.5 Å². The lowest BCUT2D eigenvalue weighted by Crippen LogP contribution is -2.26. The van der Waals surface area contributed by atoms with Gasteiger partial charge >= 0.3 is 0 Å². The van der Waals surface area contributed by atoms with Gasteiger partial charge in [-0.2, -0.15) is 0 Å². The first-order valence-corrected chi connectivity index (χ1v) is 14.3. The zero-order chi connectivity index (χ0) is 27.3. The summed E-state index contributed by atoms with van der Waals surface area (Å²) in [4.78, 5) is 0. The Morgan fingerprint density at radius 3 is 1.76 bits per heavy atom. The Kier molecular flexibility index (Phi) is 4.40. The Balaban J connectivity index is 1.49. The van der Waals surface area contributed by atoms with Crippen LogP contribution in [-0.4, -0.2) is 5.11 Å². The van der Waals surface area contributed by atoms with Crippen LogP contribution in [0.1, 0.15) is 27.8 Å². The first-order valence-electron chi connectivity index (χ1n) is 14.3. The van der Waals surface area contributed by atoms with E-state index in [2.05, 4.69) is 128 Å². The molecule has 1 spiro atoms. The van der Waals surface area contributed by atoms with E-state index in [9.17, 15) is 5.11 Å². The molecule has 9 rings (SSSR count). The average molecular weight is 523 g/mol. The summed E-state index contributed by atoms with van der Waals surface area (Å²) in [6.07, 6.45) is 0. The summed E-state index contributed by atoms with van der Waals surface area (Å²) in [7, 11) is 0. The first-order chi connectivity index (χ1) is 20.2. The fraction of sp³-hybridized carbons (Fsp3) is 0.0500. The van der Waals surface area contributed by atoms with Gasteiger partial charge in [-0.25, -0.2) is 0 Å². The van der Waals surface area contributed by atoms with E-state index >= 15 is 0 Å². The zero-order valence-electron chi connectivity index (χ0n) is 22.6. The van der Waals surface area contributed by atoms with Crippen molar-refractivity contribution in [2.75, 3.05) is 0 Å². The van der Waals surface area contributed by atoms with Crippen LogP contribution in [0.5, 0.6) is 5.75 Å². The van der Waals surface area contributed by atoms with E-state index in [0.29, 0.717) is 5.75 Å². The van der Waals surface area contributed by atoms with Crippen LogP contribution in [0.3, 0.4) is 0 Å². The second-order valence-corrected chi connectivity index (χ2v) is 11.5. The SMILES string of the molecule is Cc1ccc2c(c1)-c1c(cc(-c3cc4ccccc4cc3O)c3ccccc13)C21c2ccccc2-c2ccccc21. The van der Waals surface area contributed by atoms with Gasteiger partial charge in [0.2, 0.25) is 0 Å². The van der Waals surface area contributed by atoms with Crippen LogP contribution in [0, 0.1) is 6.92 Å². The Morgan fingerprint density at radius 2 is 1.02 bits per heavy atom. The summed E-state index contributed by atoms with van der Waals surface area (Å²) >= 11 is 0. The van der Waals surface area contributed by atoms with Gasteiger partial charge < -0.3 is 5.11 Å². The van der Waals surface area contributed by atoms with Gasteiger partial charge in [0.1, 0.15) is 5.75 Å². The molecule has 0 saturated heterocycles. The number of aryl methyl sites for hydroxylation is 1. The number of hydrogen-bond acceptors (Lipinski definition) is 1. The molecule has 0 fully saturated rings. The summed E-state index contributed by atoms with van der Waals surface area (Å²) in [6, 6.07) is 48.2. The van der Waals surface area contributed by atoms with Gasteiger partial charge in [0.25, 0.3) is 0 Å². The van der Waals surface area contributed by atoms with Gasteiger partial charge in [0.05, 0.1) is 5.41 Å². The highest BCUT2D eigenvalue weighted by Gasteiger charge is 2.52. The van der Waals surface area contributed by atoms with Crippen molar-refractivity contribution >= 4 is 21.5 Å². The van der Waals surface area contributed by atoms with Gasteiger partial charge in [0, 0.05) is 5.56 Å². The Morgan fingerprint density at radius 1 is 0.439 bits per heavy atom. The van der Waals surface area contributed by atoms with Crippen LogP contribution in [0.2, 0.25) is 0 Å². The normalized spacial score (nSPS) is 13.8. The van der Waals surface area contributed by atoms with Crippen molar-refractivity contribution in [2.45, 2.75) is 12.3 Å². The molecule has 2 aliphatic rings. The maximum absolute atomic E-state index is 11.5. The molecule has 41 heavy (non-hydrogen) atoms. The van der Waals surface area contributed by atoms with Gasteiger partial charge in [-0.05, 0) is 96.7 Å². The van der Waals surface area contributed by atoms with E-state index in [1.807, 2.05) is 12.1 Å². The van der Waals surface area contributed by atoms with Crippen LogP contribution in [0.25, 0.3) is 54.9 Å². The van der Waals surface area contributed by atoms with Gasteiger partial charge in [-0.1, -0.05) is 121 Å². The molecule has 1 heteroatoms. The molecule has 2 aliphatic carbocycles. The number of hydrogen-bond donors (Lipinski definition) is 1. The molecule has 0 aromatic heterocycles. The lowest BCUT2D eigenvalue weighted by Gasteiger charge is -2.31. The van der Waals surface area contributed by atoms with Crippen LogP contribution in [0.4, 0.5) is 0 Å². The third-order valence-electron chi connectivity index (χ3n) is 9.40. The Hall–Kier alpha value is -5.14. The van der Waals surface area contributed by atoms with Crippen molar-refractivity contribution in [3.63, 3.8) is 0 Å². The number of phenols is 1. The molecule has 7 aromatic carbocycles. The number of benzene rings is 7. The number of fused-ring (bicyclic) bond motifs is 13. The number of aromatic hydroxyl groups is 1. The minimum absolute atomic E-state index is 0.307. The van der Waals surface area contributed by atoms with E-state index < -0.39 is 5.41 Å². The smallest absolute Gasteiger partial charge is 0.124 e. The lowest BCUT2D eigenvalue weighted by atomic mass is 9.70. The summed E-state index contributed by atoms with van der Waals surface area (Å²) in [5.74, 6) is 0.307. The van der Waals surface area contributed by atoms with E-state index in [0.717, 1.165) is 27.3 Å². The monoisotopic (exact) mass is 522 g/mol. The van der Waals surface area contributed by atoms with Crippen molar-refractivity contribution in [2.24, 2.45) is 0 Å². The fourth-order valence-electron chi connectivity index (χ4n) is 7.78. The van der Waals surface area contributed by atoms with Crippen molar-refractivity contribution in [3.8, 4) is 39.1 Å². The minimum Gasteiger partial charge on any atom is -0.507 e. The molecular weight excluding hydrogens is 496 g/mol. The molecule has 7 aromatic rings. The van der Waals surface area contributed by atoms with Crippen LogP contribution in [-0.2, 0) is 5.41 Å². The average Bonchev–Trinajstić information content (AvgIpc) is 3.47. The maximum Gasteiger partial charge on any atom is 0.124 e. The van der Waals surface area contributed by atoms with Crippen molar-refractivity contribution in [3.05, 3.63) is 161 Å². The minimum atomic E-state index is -0.434. The van der Waals surface area contributed by atoms with E-state index in [1.54, 1.807) is 0 Å². The van der Waals surface area contributed by atoms with Gasteiger partial charge in [-0.15, -0.1) is 0 Å². The largest absolute Gasteiger partial charge is 0.507 e. The molecule has 0 bridgehead atoms. The van der Waals surface area contributed by atoms with Gasteiger partial charge in [0.15, 0.2) is 0 Å². The number of phenolic OH excluding ortho intramolecular Hbond substituents is 1. The predicted octanol–water partition coefficient (Wildman–Crippen LogP) is 10.0. The maximum atomic E-state index is 11.5. The van der Waals surface area contributed by atoms with Crippen LogP contribution >= 0.6 is 0 Å². The van der Waals surface area contributed by atoms with Crippen LogP contribution in [0.15, 0.2) is 133 Å². The summed E-state index contributed by atoms with van der Waals surface area (Å²) in [5, 5.41) is 16.0. The van der Waals surface area contributed by atoms with E-state index in [-0.39, 0.29) is 0 Å². The standard InChI is InChI=1S/C40H26O/c1-24-18-19-36-33(20-24)39-30-15-5-4-12-27(30)31(32-21-25-10-2-3-11-26(25)22-38(32)41)23-37(39)40(36)34-16-8-6-13-28(34)29-14-7-9-17-35(29)40/h2-23,41H,1H3. The third kappa shape index (κ3) is 2.80. The molecule has 0 saturated carbocycles. The van der Waals surface area contributed by atoms with Crippen LogP contribution < -0.4 is 0 Å². The third-order valence-corrected chi connectivity index (χ3v) is 9.40. The molecule has 1 nitrogen and oxygen atoms in total. The molecule has 0 heterocycles. The topological polar surface area (TPSA) is 20.2 Å². The van der Waals surface area contributed by atoms with E-state index in [4.69, 9.17) is 0 Å². The summed E-state index contributed by atoms with van der Waals surface area (Å²) in [6.45, 7) is 2.19. The van der Waals surface area contributed by atoms with Gasteiger partial charge in [-0.3, -0.25) is 0 Å². The second kappa shape index (κ2) is 7.96. The van der Waals surface area contributed by atoms with Crippen molar-refractivity contribution < 1.29 is 5.11 Å². The predicted molar refractivity (Wildman–Crippen MR) is 170 cm³/mol. The van der Waals surface area contributed by atoms with Crippen molar-refractivity contribution in [1.82, 2.24) is 0 Å². The highest BCUT2D eigenvalue weighted by atomic mass is 16.3. The molecule has 0 atom stereocenters. The quantitative estimate of drug-likeness (QED) is 0.227. The molecule has 0 unspecified atom stereocenters. The lowest BCUT2D eigenvalue weighted by molar-refractivity contribution is 0.478. The Labute approximate surface area is 239 Å². The summed E-state index contributed by atoms with van der Waals surface area (Å²) < 4.78 is 0. The molecule has 1 N–H and O–H groups in total. The molecule has 192 valence electrons. The summed E-state index contributed by atoms with van der Waals surface area (Å²) in [5.41, 5.74) is 13.2. The van der Waals surface area contributed by atoms with Crippen molar-refractivity contribution in [1.29, 1.82) is 0 Å². The molecule has 0 aliphatic heterocycles. The Bertz CT molecular complexity index is 2190. The molecule has 0 amide bonds. The fourth-order valence-corrected chi connectivity index (χ4v) is 7.78. The molecule has 0 radical (unpaired) electrons. The zero-order valence-corrected chi connectivity index (χ0v) is 22.6. The first kappa shape index (κ1) is 22.7. The number of rotatable bonds is 1.